The number of aliphatic hydroxyl groups excluding tert-OH is 1. The molecule has 2 aromatic carbocycles. The van der Waals surface area contributed by atoms with E-state index in [0.717, 1.165) is 31.7 Å². The number of rotatable bonds is 8. The van der Waals surface area contributed by atoms with Crippen LogP contribution in [0, 0.1) is 11.6 Å². The van der Waals surface area contributed by atoms with Gasteiger partial charge in [-0.2, -0.15) is 0 Å². The van der Waals surface area contributed by atoms with Gasteiger partial charge >= 0.3 is 0 Å². The highest BCUT2D eigenvalue weighted by Crippen LogP contribution is 2.38. The third-order valence-electron chi connectivity index (χ3n) is 6.87. The second-order valence-electron chi connectivity index (χ2n) is 10.7. The minimum Gasteiger partial charge on any atom is -0.390 e. The molecule has 0 aliphatic heterocycles. The third kappa shape index (κ3) is 6.86. The summed E-state index contributed by atoms with van der Waals surface area (Å²) < 4.78 is 27.4. The van der Waals surface area contributed by atoms with E-state index in [2.05, 4.69) is 55.7 Å². The normalized spacial score (nSPS) is 17.7. The molecule has 0 spiro atoms. The predicted octanol–water partition coefficient (Wildman–Crippen LogP) is 5.12. The molecule has 186 valence electrons. The summed E-state index contributed by atoms with van der Waals surface area (Å²) in [5.41, 5.74) is 2.64. The summed E-state index contributed by atoms with van der Waals surface area (Å²) in [7, 11) is 0. The number of halogens is 2. The van der Waals surface area contributed by atoms with Gasteiger partial charge in [-0.3, -0.25) is 4.79 Å². The fourth-order valence-electron chi connectivity index (χ4n) is 4.98. The Kier molecular flexibility index (Phi) is 8.47. The van der Waals surface area contributed by atoms with E-state index in [0.29, 0.717) is 5.56 Å². The third-order valence-corrected chi connectivity index (χ3v) is 6.87. The average molecular weight is 473 g/mol. The summed E-state index contributed by atoms with van der Waals surface area (Å²) in [5, 5.41) is 17.5. The van der Waals surface area contributed by atoms with Crippen LogP contribution >= 0.6 is 0 Å². The van der Waals surface area contributed by atoms with Crippen molar-refractivity contribution >= 4 is 5.91 Å². The number of nitrogens with one attached hydrogen (secondary N) is 2. The van der Waals surface area contributed by atoms with E-state index in [1.54, 1.807) is 0 Å². The molecule has 6 heteroatoms. The van der Waals surface area contributed by atoms with Crippen molar-refractivity contribution in [3.63, 3.8) is 0 Å². The molecule has 0 radical (unpaired) electrons. The van der Waals surface area contributed by atoms with Crippen LogP contribution < -0.4 is 10.6 Å². The Morgan fingerprint density at radius 1 is 1.06 bits per heavy atom. The second-order valence-corrected chi connectivity index (χ2v) is 10.7. The zero-order valence-electron chi connectivity index (χ0n) is 20.8. The van der Waals surface area contributed by atoms with E-state index in [1.807, 2.05) is 0 Å². The van der Waals surface area contributed by atoms with Crippen molar-refractivity contribution in [1.29, 1.82) is 0 Å². The van der Waals surface area contributed by atoms with Gasteiger partial charge in [0.15, 0.2) is 0 Å². The molecule has 2 aromatic rings. The van der Waals surface area contributed by atoms with Crippen LogP contribution in [0.25, 0.3) is 0 Å². The maximum atomic E-state index is 13.7. The predicted molar refractivity (Wildman–Crippen MR) is 132 cm³/mol. The lowest BCUT2D eigenvalue weighted by molar-refractivity contribution is -0.120. The van der Waals surface area contributed by atoms with Crippen LogP contribution in [-0.2, 0) is 22.2 Å². The van der Waals surface area contributed by atoms with Gasteiger partial charge in [-0.05, 0) is 53.5 Å². The van der Waals surface area contributed by atoms with E-state index < -0.39 is 23.8 Å². The molecule has 1 saturated carbocycles. The lowest BCUT2D eigenvalue weighted by Crippen LogP contribution is -2.53. The van der Waals surface area contributed by atoms with E-state index in [4.69, 9.17) is 0 Å². The highest BCUT2D eigenvalue weighted by molar-refractivity contribution is 5.73. The monoisotopic (exact) mass is 472 g/mol. The molecular formula is C28H38F2N2O2. The molecule has 34 heavy (non-hydrogen) atoms. The van der Waals surface area contributed by atoms with E-state index >= 15 is 0 Å². The molecule has 0 unspecified atom stereocenters. The number of carbonyl (C=O) groups excluding carboxylic acids is 1. The van der Waals surface area contributed by atoms with Gasteiger partial charge in [0.25, 0.3) is 0 Å². The largest absolute Gasteiger partial charge is 0.390 e. The van der Waals surface area contributed by atoms with Gasteiger partial charge in [0, 0.05) is 25.1 Å². The van der Waals surface area contributed by atoms with Crippen LogP contribution in [0.2, 0.25) is 0 Å². The number of benzene rings is 2. The number of hydrogen-bond acceptors (Lipinski definition) is 3. The quantitative estimate of drug-likeness (QED) is 0.500. The van der Waals surface area contributed by atoms with E-state index in [1.165, 1.54) is 36.6 Å². The first-order chi connectivity index (χ1) is 16.0. The molecule has 2 atom stereocenters. The van der Waals surface area contributed by atoms with Gasteiger partial charge in [0.05, 0.1) is 12.1 Å². The summed E-state index contributed by atoms with van der Waals surface area (Å²) in [5.74, 6) is -1.65. The number of carbonyl (C=O) groups is 1. The first-order valence-electron chi connectivity index (χ1n) is 12.2. The number of amides is 1. The first kappa shape index (κ1) is 26.3. The minimum absolute atomic E-state index is 0.0299. The van der Waals surface area contributed by atoms with Crippen LogP contribution in [0.4, 0.5) is 8.78 Å². The number of hydrogen-bond donors (Lipinski definition) is 3. The van der Waals surface area contributed by atoms with Crippen molar-refractivity contribution in [2.45, 2.75) is 89.3 Å². The molecule has 0 heterocycles. The Labute approximate surface area is 202 Å². The standard InChI is InChI=1S/C28H38F2N2O2/c1-19(33)32-25(15-20-13-23(29)17-24(30)14-20)26(34)18-31-28(11-6-5-7-12-28)22-10-8-9-21(16-22)27(2,3)4/h8-10,13-14,16-17,25-26,31,34H,5-7,11-12,15,18H2,1-4H3,(H,32,33)/t25-,26-/m0/s1. The minimum atomic E-state index is -0.931. The van der Waals surface area contributed by atoms with Crippen LogP contribution in [-0.4, -0.2) is 29.7 Å². The fraction of sp³-hybridized carbons (Fsp3) is 0.536. The maximum Gasteiger partial charge on any atom is 0.217 e. The number of aliphatic hydroxyl groups is 1. The van der Waals surface area contributed by atoms with Gasteiger partial charge < -0.3 is 15.7 Å². The van der Waals surface area contributed by atoms with Crippen LogP contribution in [0.15, 0.2) is 42.5 Å². The Morgan fingerprint density at radius 2 is 1.71 bits per heavy atom. The molecule has 1 amide bonds. The van der Waals surface area contributed by atoms with Crippen molar-refractivity contribution in [2.75, 3.05) is 6.54 Å². The lowest BCUT2D eigenvalue weighted by atomic mass is 9.74. The summed E-state index contributed by atoms with van der Waals surface area (Å²) in [6.07, 6.45) is 4.51. The van der Waals surface area contributed by atoms with Crippen LogP contribution in [0.5, 0.6) is 0 Å². The fourth-order valence-corrected chi connectivity index (χ4v) is 4.98. The molecule has 0 aromatic heterocycles. The highest BCUT2D eigenvalue weighted by Gasteiger charge is 2.35. The van der Waals surface area contributed by atoms with Crippen molar-refractivity contribution in [3.05, 3.63) is 70.8 Å². The molecule has 1 aliphatic rings. The van der Waals surface area contributed by atoms with E-state index in [-0.39, 0.29) is 29.8 Å². The van der Waals surface area contributed by atoms with Crippen molar-refractivity contribution in [2.24, 2.45) is 0 Å². The molecule has 3 rings (SSSR count). The Morgan fingerprint density at radius 3 is 2.29 bits per heavy atom. The zero-order chi connectivity index (χ0) is 24.9. The summed E-state index contributed by atoms with van der Waals surface area (Å²) in [6, 6.07) is 11.3. The van der Waals surface area contributed by atoms with Gasteiger partial charge in [0.2, 0.25) is 5.91 Å². The summed E-state index contributed by atoms with van der Waals surface area (Å²) >= 11 is 0. The Hall–Kier alpha value is -2.31. The van der Waals surface area contributed by atoms with Gasteiger partial charge in [0.1, 0.15) is 11.6 Å². The highest BCUT2D eigenvalue weighted by atomic mass is 19.1. The van der Waals surface area contributed by atoms with Crippen molar-refractivity contribution in [3.8, 4) is 0 Å². The summed E-state index contributed by atoms with van der Waals surface area (Å²) in [4.78, 5) is 11.8. The molecule has 0 saturated heterocycles. The topological polar surface area (TPSA) is 61.4 Å². The molecular weight excluding hydrogens is 434 g/mol. The smallest absolute Gasteiger partial charge is 0.217 e. The molecule has 4 nitrogen and oxygen atoms in total. The zero-order valence-corrected chi connectivity index (χ0v) is 20.8. The molecule has 1 aliphatic carbocycles. The summed E-state index contributed by atoms with van der Waals surface area (Å²) in [6.45, 7) is 8.22. The van der Waals surface area contributed by atoms with Crippen molar-refractivity contribution < 1.29 is 18.7 Å². The van der Waals surface area contributed by atoms with Gasteiger partial charge in [-0.15, -0.1) is 0 Å². The lowest BCUT2D eigenvalue weighted by Gasteiger charge is -2.41. The second kappa shape index (κ2) is 11.0. The molecule has 0 bridgehead atoms. The average Bonchev–Trinajstić information content (AvgIpc) is 2.76. The molecule has 3 N–H and O–H groups in total. The van der Waals surface area contributed by atoms with Gasteiger partial charge in [-0.25, -0.2) is 8.78 Å². The van der Waals surface area contributed by atoms with Crippen molar-refractivity contribution in [1.82, 2.24) is 10.6 Å². The van der Waals surface area contributed by atoms with Crippen LogP contribution in [0.1, 0.15) is 76.5 Å². The maximum absolute atomic E-state index is 13.7. The SMILES string of the molecule is CC(=O)N[C@@H](Cc1cc(F)cc(F)c1)[C@@H](O)CNC1(c2cccc(C(C)(C)C)c2)CCCCC1. The van der Waals surface area contributed by atoms with Crippen LogP contribution in [0.3, 0.4) is 0 Å². The van der Waals surface area contributed by atoms with Gasteiger partial charge in [-0.1, -0.05) is 64.3 Å². The first-order valence-corrected chi connectivity index (χ1v) is 12.2. The molecule has 1 fully saturated rings. The Balaban J connectivity index is 1.80. The Bertz CT molecular complexity index is 960. The van der Waals surface area contributed by atoms with E-state index in [9.17, 15) is 18.7 Å².